The molecule has 0 spiro atoms. The van der Waals surface area contributed by atoms with Crippen LogP contribution in [0.15, 0.2) is 29.7 Å². The van der Waals surface area contributed by atoms with Crippen LogP contribution in [0.5, 0.6) is 0 Å². The summed E-state index contributed by atoms with van der Waals surface area (Å²) >= 11 is 9.35. The highest BCUT2D eigenvalue weighted by Gasteiger charge is 2.40. The van der Waals surface area contributed by atoms with Crippen molar-refractivity contribution in [1.29, 1.82) is 0 Å². The summed E-state index contributed by atoms with van der Waals surface area (Å²) in [6.45, 7) is 9.51. The molecule has 3 aromatic rings. The van der Waals surface area contributed by atoms with Crippen molar-refractivity contribution in [2.75, 3.05) is 19.0 Å². The third kappa shape index (κ3) is 2.78. The van der Waals surface area contributed by atoms with Crippen LogP contribution in [-0.2, 0) is 13.2 Å². The van der Waals surface area contributed by atoms with Gasteiger partial charge < -0.3 is 19.5 Å². The number of halogens is 1. The standard InChI is InChI=1S/C21H22ClN5OS2/c1-11-16-18(26(4)12(2)25(11)3)17-14(20-24-15(22)10-30-20)6-5-7-27(17)19(16)21-23-13(8-28)9-29-21/h9-10,14,28H,1-2,5-8H2,3-4H3. The summed E-state index contributed by atoms with van der Waals surface area (Å²) in [5.41, 5.74) is 6.07. The number of thiazole rings is 2. The number of hydrogen-bond donors (Lipinski definition) is 1. The van der Waals surface area contributed by atoms with E-state index in [0.717, 1.165) is 57.9 Å². The summed E-state index contributed by atoms with van der Waals surface area (Å²) in [4.78, 5) is 13.5. The molecule has 5 heterocycles. The zero-order valence-corrected chi connectivity index (χ0v) is 19.2. The Hall–Kier alpha value is -2.13. The number of rotatable bonds is 3. The molecule has 3 aromatic heterocycles. The minimum atomic E-state index is -0.0654. The maximum absolute atomic E-state index is 9.56. The summed E-state index contributed by atoms with van der Waals surface area (Å²) in [6, 6.07) is 0. The van der Waals surface area contributed by atoms with Crippen LogP contribution >= 0.6 is 34.3 Å². The van der Waals surface area contributed by atoms with Gasteiger partial charge in [-0.2, -0.15) is 0 Å². The highest BCUT2D eigenvalue weighted by atomic mass is 35.5. The molecule has 0 radical (unpaired) electrons. The fraction of sp³-hybridized carbons (Fsp3) is 0.333. The maximum atomic E-state index is 9.56. The van der Waals surface area contributed by atoms with Gasteiger partial charge in [-0.1, -0.05) is 24.8 Å². The number of fused-ring (bicyclic) bond motifs is 3. The molecular weight excluding hydrogens is 438 g/mol. The second kappa shape index (κ2) is 7.23. The van der Waals surface area contributed by atoms with Crippen molar-refractivity contribution in [3.63, 3.8) is 0 Å². The first-order valence-corrected chi connectivity index (χ1v) is 11.8. The lowest BCUT2D eigenvalue weighted by Gasteiger charge is -2.38. The Balaban J connectivity index is 1.82. The van der Waals surface area contributed by atoms with Crippen LogP contribution in [0.2, 0.25) is 5.15 Å². The molecule has 1 atom stereocenters. The number of hydrogen-bond acceptors (Lipinski definition) is 7. The van der Waals surface area contributed by atoms with Gasteiger partial charge in [-0.25, -0.2) is 9.97 Å². The Morgan fingerprint density at radius 3 is 2.67 bits per heavy atom. The van der Waals surface area contributed by atoms with Gasteiger partial charge in [0.15, 0.2) is 0 Å². The van der Waals surface area contributed by atoms with Crippen LogP contribution in [0, 0.1) is 0 Å². The summed E-state index contributed by atoms with van der Waals surface area (Å²) in [6.07, 6.45) is 2.06. The summed E-state index contributed by atoms with van der Waals surface area (Å²) in [5, 5.41) is 15.9. The third-order valence-electron chi connectivity index (χ3n) is 5.99. The van der Waals surface area contributed by atoms with Gasteiger partial charge >= 0.3 is 0 Å². The van der Waals surface area contributed by atoms with Gasteiger partial charge in [0.2, 0.25) is 0 Å². The van der Waals surface area contributed by atoms with Gasteiger partial charge in [-0.05, 0) is 12.8 Å². The zero-order valence-electron chi connectivity index (χ0n) is 16.9. The lowest BCUT2D eigenvalue weighted by molar-refractivity contribution is 0.278. The Morgan fingerprint density at radius 1 is 1.20 bits per heavy atom. The van der Waals surface area contributed by atoms with E-state index in [4.69, 9.17) is 16.6 Å². The van der Waals surface area contributed by atoms with Crippen LogP contribution < -0.4 is 4.90 Å². The van der Waals surface area contributed by atoms with E-state index in [-0.39, 0.29) is 12.5 Å². The van der Waals surface area contributed by atoms with E-state index in [0.29, 0.717) is 10.8 Å². The van der Waals surface area contributed by atoms with Crippen LogP contribution in [0.4, 0.5) is 5.69 Å². The van der Waals surface area contributed by atoms with Gasteiger partial charge in [-0.15, -0.1) is 22.7 Å². The van der Waals surface area contributed by atoms with E-state index in [1.54, 1.807) is 22.7 Å². The fourth-order valence-corrected chi connectivity index (χ4v) is 6.43. The quantitative estimate of drug-likeness (QED) is 0.599. The van der Waals surface area contributed by atoms with Crippen LogP contribution in [0.1, 0.15) is 40.7 Å². The van der Waals surface area contributed by atoms with Gasteiger partial charge in [0, 0.05) is 42.7 Å². The van der Waals surface area contributed by atoms with Crippen molar-refractivity contribution in [2.45, 2.75) is 31.9 Å². The molecule has 0 aliphatic carbocycles. The molecule has 2 aliphatic heterocycles. The Bertz CT molecular complexity index is 1180. The number of nitrogens with zero attached hydrogens (tertiary/aromatic N) is 5. The van der Waals surface area contributed by atoms with E-state index in [2.05, 4.69) is 34.7 Å². The Labute approximate surface area is 188 Å². The average molecular weight is 460 g/mol. The number of aliphatic hydroxyl groups excluding tert-OH is 1. The van der Waals surface area contributed by atoms with Gasteiger partial charge in [0.05, 0.1) is 35.3 Å². The van der Waals surface area contributed by atoms with Crippen LogP contribution in [-0.4, -0.2) is 38.6 Å². The molecular formula is C21H22ClN5OS2. The predicted octanol–water partition coefficient (Wildman–Crippen LogP) is 4.96. The number of aromatic nitrogens is 3. The lowest BCUT2D eigenvalue weighted by atomic mass is 9.94. The van der Waals surface area contributed by atoms with Gasteiger partial charge in [-0.3, -0.25) is 0 Å². The largest absolute Gasteiger partial charge is 0.390 e. The molecule has 0 saturated heterocycles. The fourth-order valence-electron chi connectivity index (χ4n) is 4.47. The first-order chi connectivity index (χ1) is 14.4. The number of anilines is 1. The topological polar surface area (TPSA) is 57.4 Å². The first-order valence-electron chi connectivity index (χ1n) is 9.71. The van der Waals surface area contributed by atoms with Crippen molar-refractivity contribution < 1.29 is 5.11 Å². The molecule has 0 aromatic carbocycles. The van der Waals surface area contributed by atoms with Crippen molar-refractivity contribution in [1.82, 2.24) is 19.4 Å². The highest BCUT2D eigenvalue weighted by molar-refractivity contribution is 7.13. The second-order valence-corrected chi connectivity index (χ2v) is 9.73. The van der Waals surface area contributed by atoms with Crippen molar-refractivity contribution >= 4 is 45.7 Å². The van der Waals surface area contributed by atoms with Gasteiger partial charge in [0.25, 0.3) is 0 Å². The molecule has 0 bridgehead atoms. The van der Waals surface area contributed by atoms with Crippen molar-refractivity contribution in [3.05, 3.63) is 56.9 Å². The minimum absolute atomic E-state index is 0.0654. The van der Waals surface area contributed by atoms with Crippen LogP contribution in [0.3, 0.4) is 0 Å². The first kappa shape index (κ1) is 19.8. The molecule has 0 fully saturated rings. The summed E-state index contributed by atoms with van der Waals surface area (Å²) in [5.74, 6) is 1.03. The molecule has 1 unspecified atom stereocenters. The van der Waals surface area contributed by atoms with E-state index in [9.17, 15) is 5.11 Å². The molecule has 2 aliphatic rings. The maximum Gasteiger partial charge on any atom is 0.141 e. The summed E-state index contributed by atoms with van der Waals surface area (Å²) < 4.78 is 2.38. The molecule has 5 rings (SSSR count). The third-order valence-corrected chi connectivity index (χ3v) is 8.17. The number of aliphatic hydroxyl groups is 1. The van der Waals surface area contributed by atoms with E-state index >= 15 is 0 Å². The molecule has 9 heteroatoms. The monoisotopic (exact) mass is 459 g/mol. The smallest absolute Gasteiger partial charge is 0.141 e. The lowest BCUT2D eigenvalue weighted by Crippen LogP contribution is -2.34. The summed E-state index contributed by atoms with van der Waals surface area (Å²) in [7, 11) is 4.04. The average Bonchev–Trinajstić information content (AvgIpc) is 3.46. The van der Waals surface area contributed by atoms with E-state index < -0.39 is 0 Å². The van der Waals surface area contributed by atoms with E-state index in [1.165, 1.54) is 5.69 Å². The normalized spacial score (nSPS) is 18.7. The highest BCUT2D eigenvalue weighted by Crippen LogP contribution is 2.52. The molecule has 156 valence electrons. The second-order valence-electron chi connectivity index (χ2n) is 7.60. The molecule has 30 heavy (non-hydrogen) atoms. The van der Waals surface area contributed by atoms with Crippen molar-refractivity contribution in [3.8, 4) is 10.7 Å². The predicted molar refractivity (Wildman–Crippen MR) is 124 cm³/mol. The minimum Gasteiger partial charge on any atom is -0.390 e. The Kier molecular flexibility index (Phi) is 4.77. The van der Waals surface area contributed by atoms with Gasteiger partial charge in [0.1, 0.15) is 21.0 Å². The molecule has 0 amide bonds. The molecule has 1 N–H and O–H groups in total. The van der Waals surface area contributed by atoms with Crippen LogP contribution in [0.25, 0.3) is 16.4 Å². The molecule has 6 nitrogen and oxygen atoms in total. The molecule has 0 saturated carbocycles. The van der Waals surface area contributed by atoms with Crippen molar-refractivity contribution in [2.24, 2.45) is 0 Å². The van der Waals surface area contributed by atoms with E-state index in [1.807, 2.05) is 22.7 Å². The Morgan fingerprint density at radius 2 is 2.00 bits per heavy atom. The zero-order chi connectivity index (χ0) is 21.2. The SMILES string of the molecule is C=C1c2c(c3n(c2-c2nc(CO)cs2)CCCC3c2nc(Cl)cs2)N(C)C(=C)N1C.